The minimum absolute atomic E-state index is 0.0183. The lowest BCUT2D eigenvalue weighted by Gasteiger charge is -2.45. The third-order valence-electron chi connectivity index (χ3n) is 20.8. The van der Waals surface area contributed by atoms with E-state index in [9.17, 15) is 52.7 Å². The second-order valence-corrected chi connectivity index (χ2v) is 30.5. The van der Waals surface area contributed by atoms with Crippen LogP contribution in [-0.2, 0) is 17.3 Å². The Morgan fingerprint density at radius 2 is 0.528 bits per heavy atom. The lowest BCUT2D eigenvalue weighted by atomic mass is 9.12. The molecule has 0 nitrogen and oxygen atoms in total. The highest BCUT2D eigenvalue weighted by Gasteiger charge is 2.54. The van der Waals surface area contributed by atoms with Gasteiger partial charge in [0, 0.05) is 18.4 Å². The van der Waals surface area contributed by atoms with E-state index in [1.807, 2.05) is 0 Å². The van der Waals surface area contributed by atoms with Crippen molar-refractivity contribution in [2.75, 3.05) is 0 Å². The van der Waals surface area contributed by atoms with Gasteiger partial charge in [-0.05, 0) is 60.2 Å². The minimum Gasteiger partial charge on any atom is -0.207 e. The van der Waals surface area contributed by atoms with Gasteiger partial charge < -0.3 is 0 Å². The smallest absolute Gasteiger partial charge is 0.207 e. The molecule has 0 heterocycles. The topological polar surface area (TPSA) is 0 Å². The van der Waals surface area contributed by atoms with E-state index in [4.69, 9.17) is 0 Å². The van der Waals surface area contributed by atoms with Gasteiger partial charge in [0.25, 0.3) is 0 Å². The highest BCUT2D eigenvalue weighted by atomic mass is 32.2. The molecule has 0 aliphatic heterocycles. The molecule has 1 fully saturated rings. The summed E-state index contributed by atoms with van der Waals surface area (Å²) in [5.41, 5.74) is -26.0. The number of benzene rings is 12. The van der Waals surface area contributed by atoms with Gasteiger partial charge in [-0.15, -0.1) is 38.2 Å². The zero-order valence-corrected chi connectivity index (χ0v) is 65.3. The van der Waals surface area contributed by atoms with Crippen LogP contribution < -0.4 is 43.7 Å². The highest BCUT2D eigenvalue weighted by Crippen LogP contribution is 2.41. The maximum atomic E-state index is 16.1. The Labute approximate surface area is 700 Å². The van der Waals surface area contributed by atoms with Crippen LogP contribution in [0.3, 0.4) is 0 Å². The summed E-state index contributed by atoms with van der Waals surface area (Å²) >= 11 is 0. The molecular formula is C90H51B2F34S-. The molecule has 12 aromatic carbocycles. The van der Waals surface area contributed by atoms with E-state index in [1.54, 1.807) is 0 Å². The lowest BCUT2D eigenvalue weighted by molar-refractivity contribution is 0.380. The van der Waals surface area contributed by atoms with Gasteiger partial charge in [0.1, 0.15) is 99.0 Å². The SMILES string of the molecule is C=Cc1c(F)c(F)c([B-](c2c(F)c(F)c(C=C)c(F)c2F)(c2c(F)c(F)c(C=C)c(F)c2F)c2c(F)c(F)c(C=C)c(F)c2F)c(F)c1F.Cc1ccc(Cc2ccc(C(C)C)cc2)cc1.FC(F)=C(F)c1ccc([B-](c2c(F)c(F)c(F)c(F)c2F)(c2c(F)c(F)c(F)c(F)c2F)c2c(F)c(F)c(F)c(F)c2F)cc1.c1ccc([S+](c2ccccc2)C2CC2)cc1. The molecule has 13 rings (SSSR count). The van der Waals surface area contributed by atoms with Crippen molar-refractivity contribution in [1.82, 2.24) is 0 Å². The Hall–Kier alpha value is -12.6. The predicted molar refractivity (Wildman–Crippen MR) is 414 cm³/mol. The van der Waals surface area contributed by atoms with Gasteiger partial charge in [0.05, 0.1) is 33.1 Å². The molecule has 0 atom stereocenters. The van der Waals surface area contributed by atoms with Gasteiger partial charge in [0.2, 0.25) is 0 Å². The summed E-state index contributed by atoms with van der Waals surface area (Å²) in [7, 11) is 0.308. The molecule has 662 valence electrons. The maximum absolute atomic E-state index is 16.1. The van der Waals surface area contributed by atoms with Crippen LogP contribution in [0.5, 0.6) is 0 Å². The van der Waals surface area contributed by atoms with Crippen LogP contribution >= 0.6 is 0 Å². The molecule has 37 heteroatoms. The molecule has 1 saturated carbocycles. The second-order valence-electron chi connectivity index (χ2n) is 28.3. The molecule has 127 heavy (non-hydrogen) atoms. The summed E-state index contributed by atoms with van der Waals surface area (Å²) in [6, 6.07) is 39.5. The summed E-state index contributed by atoms with van der Waals surface area (Å²) in [5, 5.41) is 0.893. The standard InChI is InChI=1S/C32H12BF16.C26H4BF18.C17H20.C15H15S/c1-5-9-17(34)25(42)13(26(43)18(9)35)33(14-27(44)19(36)10(6-2)20(37)28(14)45,15-29(46)21(38)11(7-3)22(39)30(15)47)16-31(48)23(40)12(8-4)24(41)32(16)49;28-10(26(44)45)5-1-3-6(4-2-5)27(7-11(29)17(35)23(41)18(36)12(7)30,8-13(31)19(37)24(42)20(38)14(8)32)9-15(33)21(39)25(43)22(40)16(9)34;1-13(2)17-10-8-16(9-11-17)12-15-6-4-14(3)5-7-15;1-3-7-13(8-4-1)16(15-11-12-15)14-9-5-2-6-10-14/h5-8H,1-4H2;1-4H;4-11,13H,12H2,1-3H3;1-10,15H,11-12H2/q2*-1;;+1. The van der Waals surface area contributed by atoms with E-state index in [0.717, 1.165) is 11.7 Å². The summed E-state index contributed by atoms with van der Waals surface area (Å²) in [5.74, 6) is -97.3. The lowest BCUT2D eigenvalue weighted by Crippen LogP contribution is -2.81. The van der Waals surface area contributed by atoms with Crippen molar-refractivity contribution in [3.8, 4) is 0 Å². The Morgan fingerprint density at radius 1 is 0.299 bits per heavy atom. The summed E-state index contributed by atoms with van der Waals surface area (Å²) in [6.07, 6.45) is -12.0. The van der Waals surface area contributed by atoms with Gasteiger partial charge in [-0.1, -0.05) is 179 Å². The number of rotatable bonds is 19. The molecule has 0 saturated heterocycles. The van der Waals surface area contributed by atoms with Crippen LogP contribution in [-0.4, -0.2) is 17.5 Å². The van der Waals surface area contributed by atoms with Gasteiger partial charge in [-0.3, -0.25) is 0 Å². The van der Waals surface area contributed by atoms with Crippen molar-refractivity contribution in [1.29, 1.82) is 0 Å². The normalized spacial score (nSPS) is 12.0. The van der Waals surface area contributed by atoms with E-state index in [-0.39, 0.29) is 48.6 Å². The van der Waals surface area contributed by atoms with Crippen molar-refractivity contribution in [3.05, 3.63) is 396 Å². The fourth-order valence-electron chi connectivity index (χ4n) is 14.7. The van der Waals surface area contributed by atoms with Gasteiger partial charge in [0.15, 0.2) is 115 Å². The van der Waals surface area contributed by atoms with E-state index in [2.05, 4.69) is 156 Å². The highest BCUT2D eigenvalue weighted by molar-refractivity contribution is 7.97. The molecule has 0 spiro atoms. The van der Waals surface area contributed by atoms with Gasteiger partial charge in [-0.25, -0.2) is 140 Å². The molecule has 0 amide bonds. The third-order valence-corrected chi connectivity index (χ3v) is 23.5. The first kappa shape index (κ1) is 96.6. The molecule has 12 aromatic rings. The summed E-state index contributed by atoms with van der Waals surface area (Å²) in [4.78, 5) is 2.99. The summed E-state index contributed by atoms with van der Waals surface area (Å²) in [6.45, 7) is 17.9. The van der Waals surface area contributed by atoms with Crippen LogP contribution in [0.2, 0.25) is 0 Å². The molecule has 0 bridgehead atoms. The Kier molecular flexibility index (Phi) is 29.2. The zero-order chi connectivity index (χ0) is 94.3. The van der Waals surface area contributed by atoms with E-state index in [1.165, 1.54) is 44.9 Å². The van der Waals surface area contributed by atoms with Crippen molar-refractivity contribution in [3.63, 3.8) is 0 Å². The number of aryl methyl sites for hydroxylation is 1. The van der Waals surface area contributed by atoms with Crippen LogP contribution in [0.15, 0.2) is 176 Å². The first-order valence-electron chi connectivity index (χ1n) is 36.4. The van der Waals surface area contributed by atoms with Crippen molar-refractivity contribution in [2.45, 2.75) is 61.0 Å². The molecule has 1 aliphatic rings. The van der Waals surface area contributed by atoms with Crippen LogP contribution in [0.1, 0.15) is 82.7 Å². The minimum atomic E-state index is -6.71. The molecule has 1 aliphatic carbocycles. The van der Waals surface area contributed by atoms with Gasteiger partial charge >= 0.3 is 6.08 Å². The first-order chi connectivity index (χ1) is 59.8. The van der Waals surface area contributed by atoms with E-state index >= 15 is 96.6 Å². The molecule has 0 unspecified atom stereocenters. The van der Waals surface area contributed by atoms with E-state index < -0.39 is 276 Å². The summed E-state index contributed by atoms with van der Waals surface area (Å²) < 4.78 is 513. The molecule has 0 radical (unpaired) electrons. The Balaban J connectivity index is 0.000000195. The Bertz CT molecular complexity index is 5690. The molecule has 0 aromatic heterocycles. The predicted octanol–water partition coefficient (Wildman–Crippen LogP) is 23.1. The van der Waals surface area contributed by atoms with Crippen LogP contribution in [0.4, 0.5) is 149 Å². The second kappa shape index (κ2) is 38.3. The monoisotopic (exact) mass is 1830 g/mol. The number of halogens is 34. The van der Waals surface area contributed by atoms with Gasteiger partial charge in [-0.2, -0.15) is 14.2 Å². The first-order valence-corrected chi connectivity index (χ1v) is 37.7. The Morgan fingerprint density at radius 3 is 0.756 bits per heavy atom. The molecular weight excluding hydrogens is 1780 g/mol. The quantitative estimate of drug-likeness (QED) is 0.0249. The maximum Gasteiger partial charge on any atom is 0.306 e. The number of hydrogen-bond acceptors (Lipinski definition) is 0. The fraction of sp³-hybridized carbons (Fsp3) is 0.0889. The fourth-order valence-corrected chi connectivity index (χ4v) is 17.2. The van der Waals surface area contributed by atoms with Crippen molar-refractivity contribution >= 4 is 97.0 Å². The van der Waals surface area contributed by atoms with Crippen LogP contribution in [0.25, 0.3) is 30.1 Å². The average Bonchev–Trinajstić information content (AvgIpc) is 1.32. The van der Waals surface area contributed by atoms with Crippen molar-refractivity contribution in [2.24, 2.45) is 0 Å². The number of hydrogen-bond donors (Lipinski definition) is 0. The largest absolute Gasteiger partial charge is 0.306 e. The van der Waals surface area contributed by atoms with Crippen molar-refractivity contribution < 1.29 is 149 Å². The zero-order valence-electron chi connectivity index (χ0n) is 64.5. The third kappa shape index (κ3) is 16.9. The average molecular weight is 1830 g/mol. The van der Waals surface area contributed by atoms with Crippen LogP contribution in [0, 0.1) is 187 Å². The van der Waals surface area contributed by atoms with E-state index in [0.29, 0.717) is 16.8 Å². The molecule has 0 N–H and O–H groups in total.